The van der Waals surface area contributed by atoms with Gasteiger partial charge in [0.05, 0.1) is 4.47 Å². The van der Waals surface area contributed by atoms with Crippen molar-refractivity contribution in [3.63, 3.8) is 0 Å². The van der Waals surface area contributed by atoms with Gasteiger partial charge in [-0.05, 0) is 53.5 Å². The Labute approximate surface area is 115 Å². The lowest BCUT2D eigenvalue weighted by Gasteiger charge is -1.99. The highest BCUT2D eigenvalue weighted by Gasteiger charge is 2.21. The van der Waals surface area contributed by atoms with Crippen molar-refractivity contribution in [1.29, 1.82) is 0 Å². The fraction of sp³-hybridized carbons (Fsp3) is 0.143. The van der Waals surface area contributed by atoms with E-state index < -0.39 is 0 Å². The van der Waals surface area contributed by atoms with Gasteiger partial charge < -0.3 is 0 Å². The van der Waals surface area contributed by atoms with Gasteiger partial charge in [-0.25, -0.2) is 0 Å². The van der Waals surface area contributed by atoms with E-state index in [1.807, 2.05) is 0 Å². The summed E-state index contributed by atoms with van der Waals surface area (Å²) in [5, 5.41) is 0. The molecule has 0 atom stereocenters. The summed E-state index contributed by atoms with van der Waals surface area (Å²) in [4.78, 5) is 0. The first-order valence-electron chi connectivity index (χ1n) is 5.13. The largest absolute Gasteiger partial charge is 0.359 e. The van der Waals surface area contributed by atoms with Crippen molar-refractivity contribution in [2.75, 3.05) is 0 Å². The normalized spacial score (nSPS) is 10.4. The van der Waals surface area contributed by atoms with E-state index in [9.17, 15) is 0 Å². The smallest absolute Gasteiger partial charge is 0.0619 e. The van der Waals surface area contributed by atoms with Crippen molar-refractivity contribution in [2.45, 2.75) is 13.8 Å². The Hall–Kier alpha value is -0.350. The molecule has 0 amide bonds. The summed E-state index contributed by atoms with van der Waals surface area (Å²) in [5.74, 6) is 0. The van der Waals surface area contributed by atoms with Crippen molar-refractivity contribution in [3.05, 3.63) is 65.2 Å². The van der Waals surface area contributed by atoms with Crippen LogP contribution >= 0.6 is 15.9 Å². The average molecular weight is 388 g/mol. The quantitative estimate of drug-likeness (QED) is 0.679. The lowest BCUT2D eigenvalue weighted by molar-refractivity contribution is -0.599. The lowest BCUT2D eigenvalue weighted by atomic mass is 10.2. The number of aryl methyl sites for hydroxylation is 2. The van der Waals surface area contributed by atoms with Crippen LogP contribution in [0.15, 0.2) is 46.9 Å². The first-order valence-corrected chi connectivity index (χ1v) is 8.08. The van der Waals surface area contributed by atoms with Crippen LogP contribution in [0.2, 0.25) is 0 Å². The van der Waals surface area contributed by atoms with Gasteiger partial charge in [0, 0.05) is 5.56 Å². The van der Waals surface area contributed by atoms with Gasteiger partial charge in [0.15, 0.2) is 3.57 Å². The Morgan fingerprint density at radius 2 is 1.69 bits per heavy atom. The summed E-state index contributed by atoms with van der Waals surface area (Å²) >= 11 is 3.61. The van der Waals surface area contributed by atoms with E-state index in [4.69, 9.17) is 0 Å². The summed E-state index contributed by atoms with van der Waals surface area (Å²) in [6.45, 7) is 4.35. The van der Waals surface area contributed by atoms with E-state index in [0.29, 0.717) is 0 Å². The van der Waals surface area contributed by atoms with E-state index in [1.54, 1.807) is 0 Å². The molecule has 2 rings (SSSR count). The minimum atomic E-state index is -0.0744. The Bertz CT molecular complexity index is 468. The molecule has 16 heavy (non-hydrogen) atoms. The first-order chi connectivity index (χ1) is 7.66. The van der Waals surface area contributed by atoms with Gasteiger partial charge in [-0.15, -0.1) is 0 Å². The van der Waals surface area contributed by atoms with Crippen LogP contribution < -0.4 is 21.2 Å². The topological polar surface area (TPSA) is 0 Å². The molecule has 0 aliphatic carbocycles. The first kappa shape index (κ1) is 12.1. The second-order valence-corrected chi connectivity index (χ2v) is 7.49. The predicted molar refractivity (Wildman–Crippen MR) is 67.5 cm³/mol. The third kappa shape index (κ3) is 2.86. The van der Waals surface area contributed by atoms with Gasteiger partial charge in [-0.1, -0.05) is 24.3 Å². The molecule has 0 nitrogen and oxygen atoms in total. The molecule has 0 saturated carbocycles. The highest BCUT2D eigenvalue weighted by molar-refractivity contribution is 9.10. The second kappa shape index (κ2) is 5.32. The van der Waals surface area contributed by atoms with Crippen LogP contribution in [0.3, 0.4) is 0 Å². The Morgan fingerprint density at radius 1 is 1.00 bits per heavy atom. The van der Waals surface area contributed by atoms with Gasteiger partial charge in [0.25, 0.3) is 0 Å². The molecule has 0 saturated heterocycles. The number of hydrogen-bond acceptors (Lipinski definition) is 0. The summed E-state index contributed by atoms with van der Waals surface area (Å²) in [5.41, 5.74) is 2.73. The Kier molecular flexibility index (Phi) is 4.03. The summed E-state index contributed by atoms with van der Waals surface area (Å²) in [6.07, 6.45) is 0. The predicted octanol–water partition coefficient (Wildman–Crippen LogP) is 1.19. The number of hydrogen-bond donors (Lipinski definition) is 0. The molecular formula is C14H13BrI+. The van der Waals surface area contributed by atoms with Crippen LogP contribution in [-0.4, -0.2) is 0 Å². The molecule has 0 aromatic heterocycles. The maximum Gasteiger partial charge on any atom is 0.359 e. The van der Waals surface area contributed by atoms with E-state index in [0.717, 1.165) is 0 Å². The highest BCUT2D eigenvalue weighted by Crippen LogP contribution is 2.14. The molecule has 2 aromatic carbocycles. The van der Waals surface area contributed by atoms with E-state index in [1.165, 1.54) is 22.7 Å². The van der Waals surface area contributed by atoms with Crippen LogP contribution in [0.1, 0.15) is 11.1 Å². The molecule has 0 radical (unpaired) electrons. The highest BCUT2D eigenvalue weighted by atomic mass is 127. The van der Waals surface area contributed by atoms with Crippen molar-refractivity contribution in [2.24, 2.45) is 0 Å². The molecule has 0 heterocycles. The number of benzene rings is 2. The molecule has 2 aromatic rings. The van der Waals surface area contributed by atoms with Crippen LogP contribution in [-0.2, 0) is 0 Å². The van der Waals surface area contributed by atoms with Gasteiger partial charge in [-0.3, -0.25) is 0 Å². The zero-order valence-corrected chi connectivity index (χ0v) is 13.0. The molecule has 2 heteroatoms. The molecule has 0 aliphatic rings. The van der Waals surface area contributed by atoms with Gasteiger partial charge in [0.2, 0.25) is 3.57 Å². The van der Waals surface area contributed by atoms with Crippen molar-refractivity contribution >= 4 is 15.9 Å². The molecule has 0 N–H and O–H groups in total. The van der Waals surface area contributed by atoms with E-state index >= 15 is 0 Å². The van der Waals surface area contributed by atoms with E-state index in [2.05, 4.69) is 72.2 Å². The summed E-state index contributed by atoms with van der Waals surface area (Å²) in [6, 6.07) is 15.2. The van der Waals surface area contributed by atoms with Crippen molar-refractivity contribution < 1.29 is 21.2 Å². The minimum Gasteiger partial charge on any atom is -0.0619 e. The van der Waals surface area contributed by atoms with Crippen molar-refractivity contribution in [3.8, 4) is 0 Å². The SMILES string of the molecule is Cc1cc(C)c([I+]c2ccccc2)c(Br)c1. The molecule has 0 bridgehead atoms. The Balaban J connectivity index is 2.35. The van der Waals surface area contributed by atoms with E-state index in [-0.39, 0.29) is 21.2 Å². The van der Waals surface area contributed by atoms with Crippen LogP contribution in [0.4, 0.5) is 0 Å². The molecular weight excluding hydrogens is 375 g/mol. The molecule has 0 fully saturated rings. The number of rotatable bonds is 2. The van der Waals surface area contributed by atoms with Gasteiger partial charge in [-0.2, -0.15) is 0 Å². The molecule has 0 spiro atoms. The fourth-order valence-corrected chi connectivity index (χ4v) is 5.17. The molecule has 82 valence electrons. The zero-order valence-electron chi connectivity index (χ0n) is 9.30. The fourth-order valence-electron chi connectivity index (χ4n) is 1.60. The molecule has 0 unspecified atom stereocenters. The minimum absolute atomic E-state index is 0.0744. The van der Waals surface area contributed by atoms with Crippen LogP contribution in [0.5, 0.6) is 0 Å². The van der Waals surface area contributed by atoms with Crippen molar-refractivity contribution in [1.82, 2.24) is 0 Å². The van der Waals surface area contributed by atoms with Crippen LogP contribution in [0, 0.1) is 21.0 Å². The zero-order chi connectivity index (χ0) is 11.5. The summed E-state index contributed by atoms with van der Waals surface area (Å²) in [7, 11) is 0. The maximum atomic E-state index is 3.68. The third-order valence-electron chi connectivity index (χ3n) is 2.29. The number of halogens is 2. The second-order valence-electron chi connectivity index (χ2n) is 3.77. The van der Waals surface area contributed by atoms with Gasteiger partial charge in [0.1, 0.15) is 0 Å². The Morgan fingerprint density at radius 3 is 2.31 bits per heavy atom. The van der Waals surface area contributed by atoms with Crippen LogP contribution in [0.25, 0.3) is 0 Å². The standard InChI is InChI=1S/C14H13BrI/c1-10-8-11(2)14(13(15)9-10)16-12-6-4-3-5-7-12/h3-9H,1-2H3/q+1. The summed E-state index contributed by atoms with van der Waals surface area (Å²) < 4.78 is 4.23. The molecule has 0 aliphatic heterocycles. The van der Waals surface area contributed by atoms with Gasteiger partial charge >= 0.3 is 21.2 Å². The lowest BCUT2D eigenvalue weighted by Crippen LogP contribution is -3.61. The monoisotopic (exact) mass is 387 g/mol. The average Bonchev–Trinajstić information content (AvgIpc) is 2.25. The third-order valence-corrected chi connectivity index (χ3v) is 6.97. The maximum absolute atomic E-state index is 3.68.